The van der Waals surface area contributed by atoms with Gasteiger partial charge in [0.1, 0.15) is 0 Å². The maximum absolute atomic E-state index is 12.8. The standard InChI is InChI=1S/C20H20BrN3O2/c21-16-5-2-4-15(11-16)20(7-9-26-10-8-20)13-22-19(25)17-6-1-3-14-12-23-24-18(14)17/h1-6,11-12H,7-10,13H2,(H,22,25)(H,23,24). The zero-order valence-electron chi connectivity index (χ0n) is 14.3. The first-order chi connectivity index (χ1) is 12.7. The van der Waals surface area contributed by atoms with Gasteiger partial charge in [-0.25, -0.2) is 0 Å². The largest absolute Gasteiger partial charge is 0.381 e. The van der Waals surface area contributed by atoms with Gasteiger partial charge in [0, 0.05) is 35.0 Å². The van der Waals surface area contributed by atoms with Gasteiger partial charge < -0.3 is 10.1 Å². The van der Waals surface area contributed by atoms with Crippen LogP contribution in [0.1, 0.15) is 28.8 Å². The number of aromatic amines is 1. The molecule has 6 heteroatoms. The van der Waals surface area contributed by atoms with Gasteiger partial charge in [-0.3, -0.25) is 9.89 Å². The van der Waals surface area contributed by atoms with E-state index in [9.17, 15) is 4.79 Å². The van der Waals surface area contributed by atoms with Crippen molar-refractivity contribution in [2.45, 2.75) is 18.3 Å². The van der Waals surface area contributed by atoms with Crippen LogP contribution in [0, 0.1) is 0 Å². The van der Waals surface area contributed by atoms with E-state index in [-0.39, 0.29) is 11.3 Å². The van der Waals surface area contributed by atoms with E-state index in [1.54, 1.807) is 6.20 Å². The molecule has 1 amide bonds. The SMILES string of the molecule is O=C(NCC1(c2cccc(Br)c2)CCOCC1)c1cccc2cn[nH]c12. The van der Waals surface area contributed by atoms with E-state index in [2.05, 4.69) is 43.6 Å². The summed E-state index contributed by atoms with van der Waals surface area (Å²) in [5, 5.41) is 11.0. The summed E-state index contributed by atoms with van der Waals surface area (Å²) in [4.78, 5) is 12.8. The van der Waals surface area contributed by atoms with Crippen LogP contribution in [0.4, 0.5) is 0 Å². The fourth-order valence-electron chi connectivity index (χ4n) is 3.65. The van der Waals surface area contributed by atoms with Crippen molar-refractivity contribution < 1.29 is 9.53 Å². The second kappa shape index (κ2) is 7.21. The van der Waals surface area contributed by atoms with Gasteiger partial charge in [0.15, 0.2) is 0 Å². The molecule has 0 unspecified atom stereocenters. The van der Waals surface area contributed by atoms with Crippen molar-refractivity contribution in [1.82, 2.24) is 15.5 Å². The summed E-state index contributed by atoms with van der Waals surface area (Å²) in [5.41, 5.74) is 2.51. The molecular weight excluding hydrogens is 394 g/mol. The van der Waals surface area contributed by atoms with Gasteiger partial charge in [-0.15, -0.1) is 0 Å². The lowest BCUT2D eigenvalue weighted by atomic mass is 9.74. The summed E-state index contributed by atoms with van der Waals surface area (Å²) >= 11 is 3.56. The number of para-hydroxylation sites is 1. The quantitative estimate of drug-likeness (QED) is 0.683. The summed E-state index contributed by atoms with van der Waals surface area (Å²) in [6.45, 7) is 1.99. The van der Waals surface area contributed by atoms with E-state index < -0.39 is 0 Å². The van der Waals surface area contributed by atoms with Gasteiger partial charge >= 0.3 is 0 Å². The summed E-state index contributed by atoms with van der Waals surface area (Å²) in [6.07, 6.45) is 3.50. The highest BCUT2D eigenvalue weighted by Crippen LogP contribution is 2.35. The molecule has 134 valence electrons. The summed E-state index contributed by atoms with van der Waals surface area (Å²) < 4.78 is 6.63. The van der Waals surface area contributed by atoms with Crippen LogP contribution in [-0.2, 0) is 10.2 Å². The highest BCUT2D eigenvalue weighted by Gasteiger charge is 2.35. The molecule has 2 aromatic carbocycles. The average molecular weight is 414 g/mol. The molecule has 0 aliphatic carbocycles. The molecule has 0 radical (unpaired) electrons. The molecule has 0 spiro atoms. The number of ether oxygens (including phenoxy) is 1. The molecule has 1 aromatic heterocycles. The molecule has 1 saturated heterocycles. The number of nitrogens with zero attached hydrogens (tertiary/aromatic N) is 1. The van der Waals surface area contributed by atoms with E-state index >= 15 is 0 Å². The smallest absolute Gasteiger partial charge is 0.253 e. The maximum Gasteiger partial charge on any atom is 0.253 e. The van der Waals surface area contributed by atoms with Crippen molar-refractivity contribution in [3.05, 3.63) is 64.3 Å². The Hall–Kier alpha value is -2.18. The normalized spacial score (nSPS) is 16.5. The number of carbonyl (C=O) groups excluding carboxylic acids is 1. The molecule has 1 aliphatic rings. The van der Waals surface area contributed by atoms with Crippen LogP contribution < -0.4 is 5.32 Å². The van der Waals surface area contributed by atoms with Crippen molar-refractivity contribution in [2.75, 3.05) is 19.8 Å². The lowest BCUT2D eigenvalue weighted by Gasteiger charge is -2.38. The third-order valence-electron chi connectivity index (χ3n) is 5.20. The molecule has 0 saturated carbocycles. The van der Waals surface area contributed by atoms with Gasteiger partial charge in [-0.2, -0.15) is 5.10 Å². The van der Waals surface area contributed by atoms with E-state index in [4.69, 9.17) is 4.74 Å². The summed E-state index contributed by atoms with van der Waals surface area (Å²) in [6, 6.07) is 14.0. The topological polar surface area (TPSA) is 67.0 Å². The van der Waals surface area contributed by atoms with Crippen LogP contribution in [0.3, 0.4) is 0 Å². The van der Waals surface area contributed by atoms with Crippen LogP contribution in [0.15, 0.2) is 53.1 Å². The van der Waals surface area contributed by atoms with Crippen LogP contribution in [0.25, 0.3) is 10.9 Å². The molecule has 1 fully saturated rings. The Morgan fingerprint density at radius 1 is 1.23 bits per heavy atom. The van der Waals surface area contributed by atoms with Gasteiger partial charge in [0.25, 0.3) is 5.91 Å². The number of benzene rings is 2. The predicted molar refractivity (Wildman–Crippen MR) is 104 cm³/mol. The number of hydrogen-bond acceptors (Lipinski definition) is 3. The summed E-state index contributed by atoms with van der Waals surface area (Å²) in [7, 11) is 0. The third-order valence-corrected chi connectivity index (χ3v) is 5.69. The Bertz CT molecular complexity index is 931. The first-order valence-corrected chi connectivity index (χ1v) is 9.51. The molecule has 5 nitrogen and oxygen atoms in total. The Kier molecular flexibility index (Phi) is 4.78. The maximum atomic E-state index is 12.8. The fraction of sp³-hybridized carbons (Fsp3) is 0.300. The Labute approximate surface area is 160 Å². The minimum absolute atomic E-state index is 0.0827. The molecule has 3 aromatic rings. The Morgan fingerprint density at radius 2 is 2.04 bits per heavy atom. The van der Waals surface area contributed by atoms with Crippen molar-refractivity contribution in [3.63, 3.8) is 0 Å². The van der Waals surface area contributed by atoms with Crippen molar-refractivity contribution in [2.24, 2.45) is 0 Å². The Morgan fingerprint density at radius 3 is 2.85 bits per heavy atom. The number of H-pyrrole nitrogens is 1. The molecule has 2 N–H and O–H groups in total. The number of nitrogens with one attached hydrogen (secondary N) is 2. The van der Waals surface area contributed by atoms with Crippen LogP contribution in [0.5, 0.6) is 0 Å². The molecule has 1 aliphatic heterocycles. The van der Waals surface area contributed by atoms with Crippen molar-refractivity contribution in [1.29, 1.82) is 0 Å². The number of halogens is 1. The van der Waals surface area contributed by atoms with Gasteiger partial charge in [-0.1, -0.05) is 40.2 Å². The number of aromatic nitrogens is 2. The minimum Gasteiger partial charge on any atom is -0.381 e. The molecule has 0 atom stereocenters. The number of carbonyl (C=O) groups is 1. The van der Waals surface area contributed by atoms with E-state index in [0.29, 0.717) is 25.3 Å². The van der Waals surface area contributed by atoms with Gasteiger partial charge in [0.05, 0.1) is 17.3 Å². The molecule has 0 bridgehead atoms. The number of hydrogen-bond donors (Lipinski definition) is 2. The van der Waals surface area contributed by atoms with Gasteiger partial charge in [-0.05, 0) is 36.6 Å². The van der Waals surface area contributed by atoms with E-state index in [0.717, 1.165) is 28.2 Å². The Balaban J connectivity index is 1.59. The summed E-state index contributed by atoms with van der Waals surface area (Å²) in [5.74, 6) is -0.0827. The van der Waals surface area contributed by atoms with Crippen molar-refractivity contribution >= 4 is 32.7 Å². The van der Waals surface area contributed by atoms with Crippen LogP contribution >= 0.6 is 15.9 Å². The zero-order valence-corrected chi connectivity index (χ0v) is 15.9. The fourth-order valence-corrected chi connectivity index (χ4v) is 4.05. The second-order valence-electron chi connectivity index (χ2n) is 6.73. The highest BCUT2D eigenvalue weighted by atomic mass is 79.9. The lowest BCUT2D eigenvalue weighted by Crippen LogP contribution is -2.44. The minimum atomic E-state index is -0.112. The average Bonchev–Trinajstić information content (AvgIpc) is 3.16. The number of fused-ring (bicyclic) bond motifs is 1. The highest BCUT2D eigenvalue weighted by molar-refractivity contribution is 9.10. The first-order valence-electron chi connectivity index (χ1n) is 8.72. The monoisotopic (exact) mass is 413 g/mol. The van der Waals surface area contributed by atoms with E-state index in [1.165, 1.54) is 5.56 Å². The molecular formula is C20H20BrN3O2. The lowest BCUT2D eigenvalue weighted by molar-refractivity contribution is 0.0487. The predicted octanol–water partition coefficient (Wildman–Crippen LogP) is 3.80. The number of rotatable bonds is 4. The van der Waals surface area contributed by atoms with Crippen molar-refractivity contribution in [3.8, 4) is 0 Å². The second-order valence-corrected chi connectivity index (χ2v) is 7.64. The van der Waals surface area contributed by atoms with E-state index in [1.807, 2.05) is 30.3 Å². The first kappa shape index (κ1) is 17.2. The van der Waals surface area contributed by atoms with Crippen LogP contribution in [-0.4, -0.2) is 35.9 Å². The van der Waals surface area contributed by atoms with Crippen LogP contribution in [0.2, 0.25) is 0 Å². The molecule has 4 rings (SSSR count). The number of amides is 1. The molecule has 26 heavy (non-hydrogen) atoms. The molecule has 2 heterocycles. The zero-order chi connectivity index (χ0) is 18.0. The third kappa shape index (κ3) is 3.27. The van der Waals surface area contributed by atoms with Gasteiger partial charge in [0.2, 0.25) is 0 Å².